The van der Waals surface area contributed by atoms with Crippen LogP contribution in [0.25, 0.3) is 10.9 Å². The van der Waals surface area contributed by atoms with E-state index in [0.29, 0.717) is 22.3 Å². The molecule has 5 heteroatoms. The molecule has 2 rings (SSSR count). The zero-order chi connectivity index (χ0) is 12.6. The molecule has 0 aliphatic heterocycles. The van der Waals surface area contributed by atoms with Crippen molar-refractivity contribution in [3.8, 4) is 0 Å². The maximum absolute atomic E-state index is 11.6. The van der Waals surface area contributed by atoms with E-state index >= 15 is 0 Å². The van der Waals surface area contributed by atoms with Gasteiger partial charge in [0.25, 0.3) is 0 Å². The summed E-state index contributed by atoms with van der Waals surface area (Å²) in [5, 5.41) is 1.70. The molecule has 0 saturated carbocycles. The molecular weight excluding hydrogens is 261 g/mol. The Labute approximate surface area is 109 Å². The molecule has 0 spiro atoms. The van der Waals surface area contributed by atoms with Gasteiger partial charge in [0.15, 0.2) is 0 Å². The molecule has 0 saturated heterocycles. The molecule has 0 unspecified atom stereocenters. The number of nitrogens with zero attached hydrogens (tertiary/aromatic N) is 1. The molecule has 2 aromatic rings. The van der Waals surface area contributed by atoms with Crippen LogP contribution >= 0.6 is 23.2 Å². The first-order valence-electron chi connectivity index (χ1n) is 5.15. The van der Waals surface area contributed by atoms with Crippen LogP contribution in [0.2, 0.25) is 10.0 Å². The van der Waals surface area contributed by atoms with Crippen LogP contribution in [0.5, 0.6) is 0 Å². The Morgan fingerprint density at radius 2 is 2.12 bits per heavy atom. The number of rotatable bonds is 2. The molecule has 0 amide bonds. The van der Waals surface area contributed by atoms with Gasteiger partial charge >= 0.3 is 5.97 Å². The molecule has 3 nitrogen and oxygen atoms in total. The normalized spacial score (nSPS) is 10.8. The van der Waals surface area contributed by atoms with Gasteiger partial charge in [-0.3, -0.25) is 0 Å². The number of fused-ring (bicyclic) bond motifs is 1. The lowest BCUT2D eigenvalue weighted by molar-refractivity contribution is 0.0589. The van der Waals surface area contributed by atoms with Gasteiger partial charge < -0.3 is 9.30 Å². The molecule has 0 atom stereocenters. The monoisotopic (exact) mass is 271 g/mol. The highest BCUT2D eigenvalue weighted by molar-refractivity contribution is 6.45. The van der Waals surface area contributed by atoms with E-state index in [4.69, 9.17) is 27.9 Å². The van der Waals surface area contributed by atoms with E-state index in [2.05, 4.69) is 0 Å². The van der Waals surface area contributed by atoms with E-state index in [0.717, 1.165) is 10.9 Å². The Kier molecular flexibility index (Phi) is 3.31. The molecule has 17 heavy (non-hydrogen) atoms. The van der Waals surface area contributed by atoms with Crippen LogP contribution in [0.1, 0.15) is 17.4 Å². The van der Waals surface area contributed by atoms with E-state index in [-0.39, 0.29) is 5.97 Å². The second-order valence-electron chi connectivity index (χ2n) is 3.56. The largest absolute Gasteiger partial charge is 0.464 e. The summed E-state index contributed by atoms with van der Waals surface area (Å²) in [7, 11) is 1.36. The Balaban J connectivity index is 2.79. The summed E-state index contributed by atoms with van der Waals surface area (Å²) in [6, 6.07) is 5.28. The Bertz CT molecular complexity index is 590. The number of halogens is 2. The van der Waals surface area contributed by atoms with Gasteiger partial charge in [-0.2, -0.15) is 0 Å². The summed E-state index contributed by atoms with van der Waals surface area (Å²) in [5.74, 6) is -0.379. The summed E-state index contributed by atoms with van der Waals surface area (Å²) in [5.41, 5.74) is 1.36. The second-order valence-corrected chi connectivity index (χ2v) is 4.34. The molecule has 0 fully saturated rings. The second kappa shape index (κ2) is 4.59. The van der Waals surface area contributed by atoms with E-state index < -0.39 is 0 Å². The number of carbonyl (C=O) groups is 1. The van der Waals surface area contributed by atoms with Crippen LogP contribution in [0.15, 0.2) is 18.2 Å². The van der Waals surface area contributed by atoms with Crippen LogP contribution in [0.3, 0.4) is 0 Å². The molecule has 1 heterocycles. The van der Waals surface area contributed by atoms with Gasteiger partial charge in [-0.15, -0.1) is 0 Å². The van der Waals surface area contributed by atoms with Gasteiger partial charge in [-0.25, -0.2) is 4.79 Å². The van der Waals surface area contributed by atoms with Crippen molar-refractivity contribution in [3.63, 3.8) is 0 Å². The number of methoxy groups -OCH3 is 1. The van der Waals surface area contributed by atoms with Gasteiger partial charge in [-0.1, -0.05) is 23.2 Å². The molecule has 1 aromatic heterocycles. The van der Waals surface area contributed by atoms with Gasteiger partial charge in [0.05, 0.1) is 22.7 Å². The fourth-order valence-electron chi connectivity index (χ4n) is 1.89. The number of hydrogen-bond donors (Lipinski definition) is 0. The lowest BCUT2D eigenvalue weighted by Gasteiger charge is -2.06. The fraction of sp³-hybridized carbons (Fsp3) is 0.250. The number of ether oxygens (including phenoxy) is 1. The van der Waals surface area contributed by atoms with Crippen LogP contribution in [0, 0.1) is 0 Å². The topological polar surface area (TPSA) is 31.2 Å². The molecule has 0 bridgehead atoms. The number of benzene rings is 1. The predicted octanol–water partition coefficient (Wildman–Crippen LogP) is 3.75. The molecule has 0 aliphatic carbocycles. The van der Waals surface area contributed by atoms with Crippen molar-refractivity contribution in [1.29, 1.82) is 0 Å². The SMILES string of the molecule is CCn1c(C(=O)OC)cc2c(Cl)c(Cl)ccc21. The molecule has 0 aliphatic rings. The van der Waals surface area contributed by atoms with Crippen molar-refractivity contribution in [3.05, 3.63) is 33.9 Å². The number of esters is 1. The standard InChI is InChI=1S/C12H11Cl2NO2/c1-3-15-9-5-4-8(13)11(14)7(9)6-10(15)12(16)17-2/h4-6H,3H2,1-2H3. The maximum atomic E-state index is 11.6. The quantitative estimate of drug-likeness (QED) is 0.779. The third-order valence-electron chi connectivity index (χ3n) is 2.68. The zero-order valence-electron chi connectivity index (χ0n) is 9.46. The van der Waals surface area contributed by atoms with Gasteiger partial charge in [0, 0.05) is 11.9 Å². The minimum atomic E-state index is -0.379. The van der Waals surface area contributed by atoms with E-state index in [1.54, 1.807) is 12.1 Å². The lowest BCUT2D eigenvalue weighted by Crippen LogP contribution is -2.09. The Morgan fingerprint density at radius 1 is 1.41 bits per heavy atom. The predicted molar refractivity (Wildman–Crippen MR) is 69.0 cm³/mol. The summed E-state index contributed by atoms with van der Waals surface area (Å²) < 4.78 is 6.59. The number of aromatic nitrogens is 1. The van der Waals surface area contributed by atoms with Crippen molar-refractivity contribution in [2.75, 3.05) is 7.11 Å². The third-order valence-corrected chi connectivity index (χ3v) is 3.50. The van der Waals surface area contributed by atoms with Crippen molar-refractivity contribution in [2.24, 2.45) is 0 Å². The molecular formula is C12H11Cl2NO2. The smallest absolute Gasteiger partial charge is 0.354 e. The summed E-state index contributed by atoms with van der Waals surface area (Å²) in [6.45, 7) is 2.61. The highest BCUT2D eigenvalue weighted by atomic mass is 35.5. The highest BCUT2D eigenvalue weighted by Gasteiger charge is 2.17. The highest BCUT2D eigenvalue weighted by Crippen LogP contribution is 2.33. The Hall–Kier alpha value is -1.19. The van der Waals surface area contributed by atoms with Gasteiger partial charge in [-0.05, 0) is 25.1 Å². The maximum Gasteiger partial charge on any atom is 0.354 e. The fourth-order valence-corrected chi connectivity index (χ4v) is 2.27. The average molecular weight is 272 g/mol. The third kappa shape index (κ3) is 1.90. The van der Waals surface area contributed by atoms with Crippen molar-refractivity contribution < 1.29 is 9.53 Å². The number of aryl methyl sites for hydroxylation is 1. The summed E-state index contributed by atoms with van der Waals surface area (Å²) in [4.78, 5) is 11.6. The molecule has 1 aromatic carbocycles. The van der Waals surface area contributed by atoms with Crippen LogP contribution < -0.4 is 0 Å². The first-order valence-corrected chi connectivity index (χ1v) is 5.91. The van der Waals surface area contributed by atoms with Crippen LogP contribution in [-0.4, -0.2) is 17.6 Å². The van der Waals surface area contributed by atoms with Crippen LogP contribution in [0.4, 0.5) is 0 Å². The lowest BCUT2D eigenvalue weighted by atomic mass is 10.2. The first kappa shape index (κ1) is 12.3. The van der Waals surface area contributed by atoms with Crippen molar-refractivity contribution in [1.82, 2.24) is 4.57 Å². The number of carbonyl (C=O) groups excluding carboxylic acids is 1. The minimum absolute atomic E-state index is 0.379. The first-order chi connectivity index (χ1) is 8.10. The zero-order valence-corrected chi connectivity index (χ0v) is 11.0. The van der Waals surface area contributed by atoms with Crippen molar-refractivity contribution in [2.45, 2.75) is 13.5 Å². The van der Waals surface area contributed by atoms with Gasteiger partial charge in [0.2, 0.25) is 0 Å². The van der Waals surface area contributed by atoms with Crippen molar-refractivity contribution >= 4 is 40.1 Å². The molecule has 90 valence electrons. The summed E-state index contributed by atoms with van der Waals surface area (Å²) in [6.07, 6.45) is 0. The van der Waals surface area contributed by atoms with Crippen LogP contribution in [-0.2, 0) is 11.3 Å². The molecule has 0 N–H and O–H groups in total. The molecule has 0 radical (unpaired) electrons. The summed E-state index contributed by atoms with van der Waals surface area (Å²) >= 11 is 12.1. The average Bonchev–Trinajstić information content (AvgIpc) is 2.72. The van der Waals surface area contributed by atoms with E-state index in [1.165, 1.54) is 7.11 Å². The minimum Gasteiger partial charge on any atom is -0.464 e. The number of hydrogen-bond acceptors (Lipinski definition) is 2. The van der Waals surface area contributed by atoms with Gasteiger partial charge in [0.1, 0.15) is 5.69 Å². The van der Waals surface area contributed by atoms with E-state index in [1.807, 2.05) is 17.6 Å². The van der Waals surface area contributed by atoms with E-state index in [9.17, 15) is 4.79 Å². The Morgan fingerprint density at radius 3 is 2.71 bits per heavy atom.